The van der Waals surface area contributed by atoms with E-state index in [2.05, 4.69) is 56.1 Å². The van der Waals surface area contributed by atoms with Crippen molar-refractivity contribution in [2.45, 2.75) is 26.3 Å². The molecule has 0 unspecified atom stereocenters. The predicted octanol–water partition coefficient (Wildman–Crippen LogP) is 1.74. The highest BCUT2D eigenvalue weighted by Gasteiger charge is 2.10. The molecule has 0 radical (unpaired) electrons. The molecule has 1 aliphatic heterocycles. The predicted molar refractivity (Wildman–Crippen MR) is 130 cm³/mol. The Balaban J connectivity index is 0.00000320. The van der Waals surface area contributed by atoms with Gasteiger partial charge in [-0.05, 0) is 25.3 Å². The molecule has 2 aromatic rings. The average molecular weight is 527 g/mol. The number of nitrogens with one attached hydrogen (secondary N) is 2. The maximum Gasteiger partial charge on any atom is 0.191 e. The van der Waals surface area contributed by atoms with Crippen LogP contribution in [0.15, 0.2) is 35.3 Å². The van der Waals surface area contributed by atoms with Crippen molar-refractivity contribution in [3.8, 4) is 0 Å². The second-order valence-corrected chi connectivity index (χ2v) is 7.28. The lowest BCUT2D eigenvalue weighted by molar-refractivity contribution is 0.0389. The van der Waals surface area contributed by atoms with Crippen LogP contribution in [0.1, 0.15) is 23.6 Å². The van der Waals surface area contributed by atoms with E-state index < -0.39 is 0 Å². The van der Waals surface area contributed by atoms with Gasteiger partial charge in [0.1, 0.15) is 12.4 Å². The third-order valence-corrected chi connectivity index (χ3v) is 5.16. The summed E-state index contributed by atoms with van der Waals surface area (Å²) in [5.41, 5.74) is 1.36. The quantitative estimate of drug-likeness (QED) is 0.224. The summed E-state index contributed by atoms with van der Waals surface area (Å²) < 4.78 is 7.39. The molecule has 0 saturated carbocycles. The van der Waals surface area contributed by atoms with Crippen molar-refractivity contribution in [2.75, 3.05) is 45.9 Å². The molecule has 1 saturated heterocycles. The number of halogens is 1. The van der Waals surface area contributed by atoms with Gasteiger partial charge in [0.05, 0.1) is 13.2 Å². The molecule has 0 bridgehead atoms. The minimum absolute atomic E-state index is 0. The van der Waals surface area contributed by atoms with Crippen LogP contribution in [0.2, 0.25) is 0 Å². The summed E-state index contributed by atoms with van der Waals surface area (Å²) in [4.78, 5) is 7.14. The lowest BCUT2D eigenvalue weighted by atomic mass is 10.1. The summed E-state index contributed by atoms with van der Waals surface area (Å²) in [7, 11) is 1.97. The molecule has 0 spiro atoms. The van der Waals surface area contributed by atoms with Gasteiger partial charge in [-0.1, -0.05) is 30.3 Å². The van der Waals surface area contributed by atoms with Crippen molar-refractivity contribution in [1.29, 1.82) is 0 Å². The highest BCUT2D eigenvalue weighted by molar-refractivity contribution is 14.0. The van der Waals surface area contributed by atoms with Crippen molar-refractivity contribution < 1.29 is 4.74 Å². The minimum Gasteiger partial charge on any atom is -0.379 e. The molecule has 2 heterocycles. The first-order valence-electron chi connectivity index (χ1n) is 10.4. The molecular formula is C21H34IN7O. The zero-order valence-corrected chi connectivity index (χ0v) is 20.3. The third kappa shape index (κ3) is 8.19. The fourth-order valence-electron chi connectivity index (χ4n) is 3.21. The minimum atomic E-state index is 0. The molecule has 3 rings (SSSR count). The summed E-state index contributed by atoms with van der Waals surface area (Å²) in [5.74, 6) is 2.58. The van der Waals surface area contributed by atoms with Gasteiger partial charge in [-0.3, -0.25) is 4.90 Å². The summed E-state index contributed by atoms with van der Waals surface area (Å²) in [6.45, 7) is 8.80. The SMILES string of the molecule is Cc1nnc(CN=C(NCCCc2ccccc2)NCCN2CCOCC2)n1C.I. The Morgan fingerprint density at radius 3 is 2.53 bits per heavy atom. The number of hydrogen-bond acceptors (Lipinski definition) is 5. The smallest absolute Gasteiger partial charge is 0.191 e. The number of benzene rings is 1. The molecule has 1 aliphatic rings. The van der Waals surface area contributed by atoms with Crippen molar-refractivity contribution in [3.05, 3.63) is 47.5 Å². The van der Waals surface area contributed by atoms with Gasteiger partial charge < -0.3 is 19.9 Å². The lowest BCUT2D eigenvalue weighted by Crippen LogP contribution is -2.44. The summed E-state index contributed by atoms with van der Waals surface area (Å²) in [5, 5.41) is 15.2. The largest absolute Gasteiger partial charge is 0.379 e. The Kier molecular flexibility index (Phi) is 11.1. The van der Waals surface area contributed by atoms with Gasteiger partial charge in [-0.15, -0.1) is 34.2 Å². The Labute approximate surface area is 196 Å². The first-order valence-corrected chi connectivity index (χ1v) is 10.4. The Morgan fingerprint density at radius 2 is 1.83 bits per heavy atom. The van der Waals surface area contributed by atoms with E-state index in [-0.39, 0.29) is 24.0 Å². The van der Waals surface area contributed by atoms with Crippen molar-refractivity contribution >= 4 is 29.9 Å². The second-order valence-electron chi connectivity index (χ2n) is 7.28. The third-order valence-electron chi connectivity index (χ3n) is 5.16. The van der Waals surface area contributed by atoms with Crippen LogP contribution in [0.4, 0.5) is 0 Å². The number of aliphatic imine (C=N–C) groups is 1. The number of ether oxygens (including phenoxy) is 1. The van der Waals surface area contributed by atoms with Gasteiger partial charge in [0.25, 0.3) is 0 Å². The monoisotopic (exact) mass is 527 g/mol. The molecule has 8 nitrogen and oxygen atoms in total. The molecule has 2 N–H and O–H groups in total. The van der Waals surface area contributed by atoms with Gasteiger partial charge in [-0.25, -0.2) is 4.99 Å². The van der Waals surface area contributed by atoms with Crippen LogP contribution in [0.25, 0.3) is 0 Å². The van der Waals surface area contributed by atoms with E-state index in [1.54, 1.807) is 0 Å². The van der Waals surface area contributed by atoms with Gasteiger partial charge in [0.15, 0.2) is 11.8 Å². The van der Waals surface area contributed by atoms with Crippen molar-refractivity contribution in [2.24, 2.45) is 12.0 Å². The van der Waals surface area contributed by atoms with Gasteiger partial charge in [-0.2, -0.15) is 0 Å². The topological polar surface area (TPSA) is 79.6 Å². The number of morpholine rings is 1. The molecule has 1 fully saturated rings. The molecule has 1 aromatic carbocycles. The van der Waals surface area contributed by atoms with Crippen LogP contribution in [0.3, 0.4) is 0 Å². The van der Waals surface area contributed by atoms with E-state index in [4.69, 9.17) is 9.73 Å². The van der Waals surface area contributed by atoms with E-state index >= 15 is 0 Å². The molecule has 0 amide bonds. The van der Waals surface area contributed by atoms with Crippen LogP contribution in [-0.4, -0.2) is 71.6 Å². The molecule has 30 heavy (non-hydrogen) atoms. The number of aromatic nitrogens is 3. The van der Waals surface area contributed by atoms with Crippen LogP contribution in [0.5, 0.6) is 0 Å². The maximum atomic E-state index is 5.42. The van der Waals surface area contributed by atoms with Crippen LogP contribution < -0.4 is 10.6 Å². The zero-order valence-electron chi connectivity index (χ0n) is 18.0. The van der Waals surface area contributed by atoms with E-state index in [1.807, 2.05) is 18.5 Å². The van der Waals surface area contributed by atoms with Gasteiger partial charge in [0, 0.05) is 39.8 Å². The molecule has 166 valence electrons. The number of rotatable bonds is 9. The van der Waals surface area contributed by atoms with E-state index in [9.17, 15) is 0 Å². The maximum absolute atomic E-state index is 5.42. The Morgan fingerprint density at radius 1 is 1.10 bits per heavy atom. The van der Waals surface area contributed by atoms with E-state index in [0.717, 1.165) is 76.4 Å². The van der Waals surface area contributed by atoms with Gasteiger partial charge in [0.2, 0.25) is 0 Å². The fraction of sp³-hybridized carbons (Fsp3) is 0.571. The lowest BCUT2D eigenvalue weighted by Gasteiger charge is -2.26. The Bertz CT molecular complexity index is 760. The van der Waals surface area contributed by atoms with Gasteiger partial charge >= 0.3 is 0 Å². The Hall–Kier alpha value is -1.72. The second kappa shape index (κ2) is 13.6. The van der Waals surface area contributed by atoms with Crippen LogP contribution in [0, 0.1) is 6.92 Å². The van der Waals surface area contributed by atoms with Crippen molar-refractivity contribution in [1.82, 2.24) is 30.3 Å². The average Bonchev–Trinajstić information content (AvgIpc) is 3.08. The standard InChI is InChI=1S/C21H33N7O.HI/c1-18-25-26-20(27(18)2)17-24-21(23-11-12-28-13-15-29-16-14-28)22-10-6-9-19-7-4-3-5-8-19;/h3-5,7-8H,6,9-17H2,1-2H3,(H2,22,23,24);1H. The van der Waals surface area contributed by atoms with E-state index in [1.165, 1.54) is 5.56 Å². The molecule has 0 atom stereocenters. The number of aryl methyl sites for hydroxylation is 2. The first kappa shape index (κ1) is 24.5. The zero-order chi connectivity index (χ0) is 20.3. The molecular weight excluding hydrogens is 493 g/mol. The summed E-state index contributed by atoms with van der Waals surface area (Å²) in [6.07, 6.45) is 2.11. The van der Waals surface area contributed by atoms with Crippen molar-refractivity contribution in [3.63, 3.8) is 0 Å². The van der Waals surface area contributed by atoms with Crippen LogP contribution >= 0.6 is 24.0 Å². The molecule has 0 aliphatic carbocycles. The molecule has 1 aromatic heterocycles. The normalized spacial score (nSPS) is 14.9. The molecule has 9 heteroatoms. The summed E-state index contributed by atoms with van der Waals surface area (Å²) >= 11 is 0. The fourth-order valence-corrected chi connectivity index (χ4v) is 3.21. The number of guanidine groups is 1. The number of hydrogen-bond donors (Lipinski definition) is 2. The first-order chi connectivity index (χ1) is 14.2. The van der Waals surface area contributed by atoms with E-state index in [0.29, 0.717) is 6.54 Å². The van der Waals surface area contributed by atoms with Crippen LogP contribution in [-0.2, 0) is 24.8 Å². The summed E-state index contributed by atoms with van der Waals surface area (Å²) in [6, 6.07) is 10.6. The highest BCUT2D eigenvalue weighted by Crippen LogP contribution is 2.02. The number of nitrogens with zero attached hydrogens (tertiary/aromatic N) is 5. The highest BCUT2D eigenvalue weighted by atomic mass is 127.